The summed E-state index contributed by atoms with van der Waals surface area (Å²) in [6.45, 7) is 5.08. The second-order valence-electron chi connectivity index (χ2n) is 7.22. The molecule has 0 saturated carbocycles. The predicted molar refractivity (Wildman–Crippen MR) is 101 cm³/mol. The molecule has 0 aliphatic carbocycles. The summed E-state index contributed by atoms with van der Waals surface area (Å²) in [7, 11) is 0. The summed E-state index contributed by atoms with van der Waals surface area (Å²) in [4.78, 5) is 39.0. The lowest BCUT2D eigenvalue weighted by atomic mass is 9.99. The van der Waals surface area contributed by atoms with Crippen molar-refractivity contribution in [1.29, 1.82) is 0 Å². The van der Waals surface area contributed by atoms with E-state index < -0.39 is 17.5 Å². The van der Waals surface area contributed by atoms with Crippen molar-refractivity contribution in [3.05, 3.63) is 33.9 Å². The molecule has 2 saturated heterocycles. The highest BCUT2D eigenvalue weighted by Gasteiger charge is 2.26. The van der Waals surface area contributed by atoms with Gasteiger partial charge >= 0.3 is 5.97 Å². The smallest absolute Gasteiger partial charge is 0.338 e. The zero-order valence-electron chi connectivity index (χ0n) is 16.0. The Balaban J connectivity index is 1.67. The Kier molecular flexibility index (Phi) is 6.45. The third kappa shape index (κ3) is 4.78. The van der Waals surface area contributed by atoms with E-state index in [0.29, 0.717) is 37.9 Å². The van der Waals surface area contributed by atoms with E-state index in [-0.39, 0.29) is 17.2 Å². The first-order chi connectivity index (χ1) is 13.5. The number of piperidine rings is 1. The van der Waals surface area contributed by atoms with E-state index in [1.165, 1.54) is 12.1 Å². The summed E-state index contributed by atoms with van der Waals surface area (Å²) in [5.41, 5.74) is 0.454. The number of nitro benzene ring substituents is 1. The summed E-state index contributed by atoms with van der Waals surface area (Å²) in [5, 5.41) is 11.5. The Morgan fingerprint density at radius 3 is 2.71 bits per heavy atom. The van der Waals surface area contributed by atoms with Gasteiger partial charge in [-0.1, -0.05) is 6.92 Å². The molecule has 28 heavy (non-hydrogen) atoms. The number of carbonyl (C=O) groups is 2. The van der Waals surface area contributed by atoms with E-state index in [0.717, 1.165) is 25.9 Å². The van der Waals surface area contributed by atoms with Crippen molar-refractivity contribution in [3.63, 3.8) is 0 Å². The number of carbonyl (C=O) groups excluding carboxylic acids is 2. The maximum atomic E-state index is 12.3. The topological polar surface area (TPSA) is 102 Å². The van der Waals surface area contributed by atoms with Gasteiger partial charge in [-0.3, -0.25) is 14.9 Å². The lowest BCUT2D eigenvalue weighted by Crippen LogP contribution is -2.42. The van der Waals surface area contributed by atoms with E-state index in [4.69, 9.17) is 9.47 Å². The second-order valence-corrected chi connectivity index (χ2v) is 7.22. The van der Waals surface area contributed by atoms with Gasteiger partial charge < -0.3 is 19.3 Å². The molecule has 1 atom stereocenters. The fraction of sp³-hybridized carbons (Fsp3) is 0.579. The van der Waals surface area contributed by atoms with Crippen molar-refractivity contribution in [2.24, 2.45) is 5.92 Å². The molecule has 2 fully saturated rings. The predicted octanol–water partition coefficient (Wildman–Crippen LogP) is 1.85. The molecule has 1 amide bonds. The summed E-state index contributed by atoms with van der Waals surface area (Å²) in [6, 6.07) is 4.34. The maximum Gasteiger partial charge on any atom is 0.338 e. The van der Waals surface area contributed by atoms with E-state index >= 15 is 0 Å². The molecule has 1 aromatic rings. The highest BCUT2D eigenvalue weighted by atomic mass is 16.6. The van der Waals surface area contributed by atoms with Crippen molar-refractivity contribution in [1.82, 2.24) is 4.90 Å². The molecule has 3 rings (SSSR count). The van der Waals surface area contributed by atoms with Crippen LogP contribution in [0.3, 0.4) is 0 Å². The summed E-state index contributed by atoms with van der Waals surface area (Å²) < 4.78 is 10.3. The van der Waals surface area contributed by atoms with Crippen LogP contribution in [0.5, 0.6) is 0 Å². The van der Waals surface area contributed by atoms with Crippen LogP contribution < -0.4 is 4.90 Å². The standard InChI is InChI=1S/C19H25N3O6/c1-14-3-2-6-21(12-14)16-5-4-15(11-17(16)22(25)26)19(24)28-13-18(23)20-7-9-27-10-8-20/h4-5,11,14H,2-3,6-10,12-13H2,1H3/t14-/m1/s1. The Morgan fingerprint density at radius 1 is 1.29 bits per heavy atom. The van der Waals surface area contributed by atoms with Crippen LogP contribution in [-0.4, -0.2) is 67.7 Å². The molecule has 1 aromatic carbocycles. The summed E-state index contributed by atoms with van der Waals surface area (Å²) in [5.74, 6) is -0.586. The SMILES string of the molecule is C[C@@H]1CCCN(c2ccc(C(=O)OCC(=O)N3CCOCC3)cc2[N+](=O)[O-])C1. The molecule has 2 aliphatic heterocycles. The van der Waals surface area contributed by atoms with Crippen molar-refractivity contribution in [3.8, 4) is 0 Å². The van der Waals surface area contributed by atoms with Gasteiger partial charge in [0.2, 0.25) is 0 Å². The number of benzene rings is 1. The van der Waals surface area contributed by atoms with Crippen LogP contribution in [0.1, 0.15) is 30.1 Å². The number of anilines is 1. The maximum absolute atomic E-state index is 12.3. The average Bonchev–Trinajstić information content (AvgIpc) is 2.72. The van der Waals surface area contributed by atoms with E-state index in [2.05, 4.69) is 6.92 Å². The van der Waals surface area contributed by atoms with Gasteiger partial charge in [0.05, 0.1) is 23.7 Å². The van der Waals surface area contributed by atoms with E-state index in [1.807, 2.05) is 4.90 Å². The molecule has 0 unspecified atom stereocenters. The first kappa shape index (κ1) is 20.1. The molecular weight excluding hydrogens is 366 g/mol. The number of esters is 1. The molecule has 9 nitrogen and oxygen atoms in total. The molecule has 0 spiro atoms. The molecular formula is C19H25N3O6. The number of morpholine rings is 1. The van der Waals surface area contributed by atoms with Gasteiger partial charge in [-0.05, 0) is 30.9 Å². The van der Waals surface area contributed by atoms with Gasteiger partial charge in [0.1, 0.15) is 5.69 Å². The quantitative estimate of drug-likeness (QED) is 0.429. The molecule has 2 heterocycles. The van der Waals surface area contributed by atoms with Gasteiger partial charge in [0, 0.05) is 32.2 Å². The zero-order chi connectivity index (χ0) is 20.1. The second kappa shape index (κ2) is 9.01. The minimum absolute atomic E-state index is 0.0651. The number of hydrogen-bond donors (Lipinski definition) is 0. The van der Waals surface area contributed by atoms with Crippen LogP contribution in [0, 0.1) is 16.0 Å². The van der Waals surface area contributed by atoms with Crippen LogP contribution in [0.15, 0.2) is 18.2 Å². The van der Waals surface area contributed by atoms with Gasteiger partial charge in [0.15, 0.2) is 6.61 Å². The number of ether oxygens (including phenoxy) is 2. The minimum Gasteiger partial charge on any atom is -0.452 e. The average molecular weight is 391 g/mol. The van der Waals surface area contributed by atoms with Gasteiger partial charge in [-0.15, -0.1) is 0 Å². The molecule has 0 aromatic heterocycles. The van der Waals surface area contributed by atoms with Crippen molar-refractivity contribution >= 4 is 23.3 Å². The first-order valence-corrected chi connectivity index (χ1v) is 9.51. The monoisotopic (exact) mass is 391 g/mol. The van der Waals surface area contributed by atoms with Gasteiger partial charge in [-0.2, -0.15) is 0 Å². The highest BCUT2D eigenvalue weighted by molar-refractivity contribution is 5.93. The van der Waals surface area contributed by atoms with Crippen LogP contribution in [-0.2, 0) is 14.3 Å². The third-order valence-electron chi connectivity index (χ3n) is 5.10. The first-order valence-electron chi connectivity index (χ1n) is 9.51. The number of rotatable bonds is 5. The van der Waals surface area contributed by atoms with E-state index in [9.17, 15) is 19.7 Å². The third-order valence-corrected chi connectivity index (χ3v) is 5.10. The molecule has 9 heteroatoms. The van der Waals surface area contributed by atoms with E-state index in [1.54, 1.807) is 11.0 Å². The van der Waals surface area contributed by atoms with Crippen LogP contribution in [0.4, 0.5) is 11.4 Å². The normalized spacial score (nSPS) is 20.0. The largest absolute Gasteiger partial charge is 0.452 e. The summed E-state index contributed by atoms with van der Waals surface area (Å²) in [6.07, 6.45) is 2.08. The summed E-state index contributed by atoms with van der Waals surface area (Å²) >= 11 is 0. The number of nitrogens with zero attached hydrogens (tertiary/aromatic N) is 3. The van der Waals surface area contributed by atoms with Gasteiger partial charge in [0.25, 0.3) is 11.6 Å². The molecule has 152 valence electrons. The Bertz CT molecular complexity index is 747. The lowest BCUT2D eigenvalue weighted by molar-refractivity contribution is -0.384. The zero-order valence-corrected chi connectivity index (χ0v) is 16.0. The van der Waals surface area contributed by atoms with Crippen LogP contribution >= 0.6 is 0 Å². The fourth-order valence-corrected chi connectivity index (χ4v) is 3.59. The molecule has 0 bridgehead atoms. The Labute approximate surface area is 163 Å². The van der Waals surface area contributed by atoms with Gasteiger partial charge in [-0.25, -0.2) is 4.79 Å². The van der Waals surface area contributed by atoms with Crippen molar-refractivity contribution in [2.45, 2.75) is 19.8 Å². The molecule has 2 aliphatic rings. The Morgan fingerprint density at radius 2 is 2.04 bits per heavy atom. The number of nitro groups is 1. The Hall–Kier alpha value is -2.68. The lowest BCUT2D eigenvalue weighted by Gasteiger charge is -2.32. The fourth-order valence-electron chi connectivity index (χ4n) is 3.59. The van der Waals surface area contributed by atoms with Crippen LogP contribution in [0.2, 0.25) is 0 Å². The molecule has 0 radical (unpaired) electrons. The number of hydrogen-bond acceptors (Lipinski definition) is 7. The van der Waals surface area contributed by atoms with Crippen molar-refractivity contribution < 1.29 is 24.0 Å². The number of amides is 1. The van der Waals surface area contributed by atoms with Crippen LogP contribution in [0.25, 0.3) is 0 Å². The minimum atomic E-state index is -0.747. The molecule has 0 N–H and O–H groups in total. The van der Waals surface area contributed by atoms with Crippen molar-refractivity contribution in [2.75, 3.05) is 50.9 Å². The highest BCUT2D eigenvalue weighted by Crippen LogP contribution is 2.32.